The van der Waals surface area contributed by atoms with Gasteiger partial charge in [-0.25, -0.2) is 0 Å². The number of aliphatic imine (C=N–C) groups is 1. The first-order valence-electron chi connectivity index (χ1n) is 4.90. The lowest BCUT2D eigenvalue weighted by atomic mass is 9.94. The van der Waals surface area contributed by atoms with Crippen LogP contribution in [0, 0.1) is 5.92 Å². The molecular formula is C10H19N3. The van der Waals surface area contributed by atoms with Gasteiger partial charge in [0.1, 0.15) is 0 Å². The van der Waals surface area contributed by atoms with Gasteiger partial charge in [-0.15, -0.1) is 0 Å². The van der Waals surface area contributed by atoms with Gasteiger partial charge in [0.05, 0.1) is 0 Å². The van der Waals surface area contributed by atoms with Gasteiger partial charge < -0.3 is 10.6 Å². The number of rotatable bonds is 2. The molecule has 0 saturated carbocycles. The molecule has 0 spiro atoms. The van der Waals surface area contributed by atoms with E-state index in [9.17, 15) is 0 Å². The average Bonchev–Trinajstić information content (AvgIpc) is 2.21. The molecule has 0 aromatic heterocycles. The van der Waals surface area contributed by atoms with Crippen LogP contribution in [0.3, 0.4) is 0 Å². The molecule has 1 aliphatic carbocycles. The highest BCUT2D eigenvalue weighted by molar-refractivity contribution is 5.79. The molecule has 1 rings (SSSR count). The number of guanidine groups is 1. The molecule has 0 heterocycles. The van der Waals surface area contributed by atoms with Gasteiger partial charge in [0, 0.05) is 20.6 Å². The third kappa shape index (κ3) is 3.49. The van der Waals surface area contributed by atoms with Crippen molar-refractivity contribution in [1.29, 1.82) is 0 Å². The third-order valence-electron chi connectivity index (χ3n) is 2.40. The summed E-state index contributed by atoms with van der Waals surface area (Å²) in [4.78, 5) is 4.07. The Morgan fingerprint density at radius 3 is 2.92 bits per heavy atom. The largest absolute Gasteiger partial charge is 0.359 e. The van der Waals surface area contributed by atoms with Crippen molar-refractivity contribution in [2.45, 2.75) is 19.3 Å². The predicted molar refractivity (Wildman–Crippen MR) is 56.9 cm³/mol. The first kappa shape index (κ1) is 10.1. The number of nitrogens with one attached hydrogen (secondary N) is 2. The minimum absolute atomic E-state index is 0.773. The van der Waals surface area contributed by atoms with Gasteiger partial charge in [-0.3, -0.25) is 4.99 Å². The first-order valence-corrected chi connectivity index (χ1v) is 4.90. The topological polar surface area (TPSA) is 36.4 Å². The van der Waals surface area contributed by atoms with Gasteiger partial charge in [0.25, 0.3) is 0 Å². The van der Waals surface area contributed by atoms with E-state index in [1.165, 1.54) is 19.3 Å². The Morgan fingerprint density at radius 2 is 2.38 bits per heavy atom. The molecule has 1 atom stereocenters. The third-order valence-corrected chi connectivity index (χ3v) is 2.40. The molecule has 3 nitrogen and oxygen atoms in total. The van der Waals surface area contributed by atoms with Crippen molar-refractivity contribution in [3.8, 4) is 0 Å². The zero-order valence-electron chi connectivity index (χ0n) is 8.51. The summed E-state index contributed by atoms with van der Waals surface area (Å²) >= 11 is 0. The Balaban J connectivity index is 2.21. The highest BCUT2D eigenvalue weighted by Crippen LogP contribution is 2.16. The van der Waals surface area contributed by atoms with Crippen LogP contribution in [0.5, 0.6) is 0 Å². The van der Waals surface area contributed by atoms with Crippen LogP contribution in [-0.4, -0.2) is 26.6 Å². The van der Waals surface area contributed by atoms with E-state index in [-0.39, 0.29) is 0 Å². The van der Waals surface area contributed by atoms with Gasteiger partial charge in [0.2, 0.25) is 0 Å². The van der Waals surface area contributed by atoms with Crippen LogP contribution >= 0.6 is 0 Å². The fourth-order valence-electron chi connectivity index (χ4n) is 1.56. The zero-order chi connectivity index (χ0) is 9.52. The molecule has 0 bridgehead atoms. The highest BCUT2D eigenvalue weighted by Gasteiger charge is 2.09. The maximum Gasteiger partial charge on any atom is 0.190 e. The van der Waals surface area contributed by atoms with Crippen LogP contribution in [0.1, 0.15) is 19.3 Å². The fourth-order valence-corrected chi connectivity index (χ4v) is 1.56. The lowest BCUT2D eigenvalue weighted by Crippen LogP contribution is -2.37. The molecule has 0 fully saturated rings. The first-order chi connectivity index (χ1) is 6.36. The summed E-state index contributed by atoms with van der Waals surface area (Å²) in [5.41, 5.74) is 0. The van der Waals surface area contributed by atoms with Gasteiger partial charge in [0.15, 0.2) is 5.96 Å². The molecule has 0 radical (unpaired) electrons. The molecule has 0 aliphatic heterocycles. The van der Waals surface area contributed by atoms with Crippen LogP contribution < -0.4 is 10.6 Å². The Bertz CT molecular complexity index is 196. The minimum atomic E-state index is 0.773. The Labute approximate surface area is 80.3 Å². The Morgan fingerprint density at radius 1 is 1.54 bits per heavy atom. The standard InChI is InChI=1S/C10H19N3/c1-11-10(12-2)13-8-9-6-4-3-5-7-9/h3-4,9H,5-8H2,1-2H3,(H2,11,12,13). The van der Waals surface area contributed by atoms with E-state index in [0.717, 1.165) is 18.4 Å². The van der Waals surface area contributed by atoms with E-state index in [1.54, 1.807) is 7.05 Å². The lowest BCUT2D eigenvalue weighted by molar-refractivity contribution is 0.470. The number of hydrogen-bond acceptors (Lipinski definition) is 1. The molecule has 0 amide bonds. The monoisotopic (exact) mass is 181 g/mol. The molecule has 1 aliphatic rings. The molecule has 0 saturated heterocycles. The summed E-state index contributed by atoms with van der Waals surface area (Å²) < 4.78 is 0. The number of allylic oxidation sites excluding steroid dienone is 2. The molecule has 0 aromatic carbocycles. The van der Waals surface area contributed by atoms with Crippen LogP contribution in [0.15, 0.2) is 17.1 Å². The van der Waals surface area contributed by atoms with Crippen molar-refractivity contribution < 1.29 is 0 Å². The summed E-state index contributed by atoms with van der Waals surface area (Å²) in [6.45, 7) is 1.03. The molecule has 0 aromatic rings. The van der Waals surface area contributed by atoms with Crippen molar-refractivity contribution in [3.05, 3.63) is 12.2 Å². The van der Waals surface area contributed by atoms with E-state index in [0.29, 0.717) is 0 Å². The van der Waals surface area contributed by atoms with E-state index >= 15 is 0 Å². The second kappa shape index (κ2) is 5.62. The van der Waals surface area contributed by atoms with Crippen molar-refractivity contribution in [3.63, 3.8) is 0 Å². The zero-order valence-corrected chi connectivity index (χ0v) is 8.51. The fraction of sp³-hybridized carbons (Fsp3) is 0.700. The smallest absolute Gasteiger partial charge is 0.190 e. The van der Waals surface area contributed by atoms with Crippen molar-refractivity contribution in [2.75, 3.05) is 20.6 Å². The number of hydrogen-bond donors (Lipinski definition) is 2. The Hall–Kier alpha value is -0.990. The van der Waals surface area contributed by atoms with Gasteiger partial charge in [-0.1, -0.05) is 12.2 Å². The predicted octanol–water partition coefficient (Wildman–Crippen LogP) is 1.14. The summed E-state index contributed by atoms with van der Waals surface area (Å²) in [7, 11) is 3.68. The maximum atomic E-state index is 4.07. The van der Waals surface area contributed by atoms with Gasteiger partial charge in [-0.05, 0) is 25.2 Å². The number of nitrogens with zero attached hydrogens (tertiary/aromatic N) is 1. The van der Waals surface area contributed by atoms with Crippen molar-refractivity contribution in [2.24, 2.45) is 10.9 Å². The van der Waals surface area contributed by atoms with Gasteiger partial charge in [-0.2, -0.15) is 0 Å². The van der Waals surface area contributed by atoms with E-state index in [2.05, 4.69) is 27.8 Å². The highest BCUT2D eigenvalue weighted by atomic mass is 15.1. The summed E-state index contributed by atoms with van der Waals surface area (Å²) in [6.07, 6.45) is 8.27. The van der Waals surface area contributed by atoms with Gasteiger partial charge >= 0.3 is 0 Å². The van der Waals surface area contributed by atoms with E-state index in [4.69, 9.17) is 0 Å². The van der Waals surface area contributed by atoms with Crippen molar-refractivity contribution >= 4 is 5.96 Å². The van der Waals surface area contributed by atoms with Crippen LogP contribution in [0.4, 0.5) is 0 Å². The molecule has 2 N–H and O–H groups in total. The van der Waals surface area contributed by atoms with E-state index in [1.807, 2.05) is 7.05 Å². The van der Waals surface area contributed by atoms with Crippen LogP contribution in [-0.2, 0) is 0 Å². The summed E-state index contributed by atoms with van der Waals surface area (Å²) in [5.74, 6) is 1.66. The molecule has 3 heteroatoms. The van der Waals surface area contributed by atoms with E-state index < -0.39 is 0 Å². The maximum absolute atomic E-state index is 4.07. The average molecular weight is 181 g/mol. The molecule has 74 valence electrons. The van der Waals surface area contributed by atoms with Crippen LogP contribution in [0.25, 0.3) is 0 Å². The SMILES string of the molecule is CN=C(NC)NCC1CC=CCC1. The summed E-state index contributed by atoms with van der Waals surface area (Å²) in [6, 6.07) is 0. The Kier molecular flexibility index (Phi) is 4.36. The van der Waals surface area contributed by atoms with Crippen LogP contribution in [0.2, 0.25) is 0 Å². The molecule has 1 unspecified atom stereocenters. The molecule has 13 heavy (non-hydrogen) atoms. The second-order valence-electron chi connectivity index (χ2n) is 3.35. The second-order valence-corrected chi connectivity index (χ2v) is 3.35. The minimum Gasteiger partial charge on any atom is -0.359 e. The molecular weight excluding hydrogens is 162 g/mol. The van der Waals surface area contributed by atoms with Crippen molar-refractivity contribution in [1.82, 2.24) is 10.6 Å². The quantitative estimate of drug-likeness (QED) is 0.381. The summed E-state index contributed by atoms with van der Waals surface area (Å²) in [5, 5.41) is 6.31. The lowest BCUT2D eigenvalue weighted by Gasteiger charge is -2.19. The normalized spacial score (nSPS) is 22.9.